The van der Waals surface area contributed by atoms with Gasteiger partial charge in [0.15, 0.2) is 0 Å². The lowest BCUT2D eigenvalue weighted by atomic mass is 9.69. The maximum Gasteiger partial charge on any atom is 0.247 e. The molecule has 0 bridgehead atoms. The number of carbonyl (C=O) groups excluding carboxylic acids is 1. The third kappa shape index (κ3) is 1.42. The summed E-state index contributed by atoms with van der Waals surface area (Å²) in [6.07, 6.45) is 1.07. The van der Waals surface area contributed by atoms with Crippen LogP contribution in [0.2, 0.25) is 0 Å². The predicted molar refractivity (Wildman–Crippen MR) is 66.0 cm³/mol. The molecule has 0 aromatic carbocycles. The van der Waals surface area contributed by atoms with Gasteiger partial charge in [-0.3, -0.25) is 4.79 Å². The van der Waals surface area contributed by atoms with Crippen molar-refractivity contribution >= 4 is 5.91 Å². The second kappa shape index (κ2) is 2.91. The molecule has 0 saturated heterocycles. The Balaban J connectivity index is 2.68. The number of nitrogens with one attached hydrogen (secondary N) is 1. The molecule has 90 valence electrons. The summed E-state index contributed by atoms with van der Waals surface area (Å²) in [6.45, 7) is 14.2. The highest BCUT2D eigenvalue weighted by atomic mass is 16.1. The summed E-state index contributed by atoms with van der Waals surface area (Å²) >= 11 is 0. The fraction of sp³-hybridized carbons (Fsp3) is 0.786. The Kier molecular flexibility index (Phi) is 2.12. The van der Waals surface area contributed by atoms with Gasteiger partial charge in [0.2, 0.25) is 5.91 Å². The van der Waals surface area contributed by atoms with Crippen molar-refractivity contribution in [2.24, 2.45) is 16.2 Å². The van der Waals surface area contributed by atoms with Gasteiger partial charge in [-0.15, -0.1) is 0 Å². The van der Waals surface area contributed by atoms with E-state index in [-0.39, 0.29) is 22.2 Å². The number of amides is 1. The first-order valence-corrected chi connectivity index (χ1v) is 6.12. The molecule has 0 radical (unpaired) electrons. The van der Waals surface area contributed by atoms with Crippen molar-refractivity contribution in [3.05, 3.63) is 11.1 Å². The molecule has 0 aromatic heterocycles. The molecule has 2 nitrogen and oxygen atoms in total. The molecule has 1 heterocycles. The SMILES string of the molecule is CC1(C)CC(C)(C)C2=C1C(=O)NCC2(C)C. The molecule has 2 aliphatic rings. The van der Waals surface area contributed by atoms with Gasteiger partial charge in [-0.25, -0.2) is 0 Å². The zero-order valence-electron chi connectivity index (χ0n) is 11.3. The molecule has 0 unspecified atom stereocenters. The topological polar surface area (TPSA) is 29.1 Å². The molecule has 1 amide bonds. The molecular formula is C14H23NO. The lowest BCUT2D eigenvalue weighted by molar-refractivity contribution is -0.119. The highest BCUT2D eigenvalue weighted by molar-refractivity contribution is 5.97. The van der Waals surface area contributed by atoms with Crippen molar-refractivity contribution in [2.45, 2.75) is 48.0 Å². The summed E-state index contributed by atoms with van der Waals surface area (Å²) in [5, 5.41) is 3.04. The number of rotatable bonds is 0. The molecular weight excluding hydrogens is 198 g/mol. The fourth-order valence-electron chi connectivity index (χ4n) is 4.11. The van der Waals surface area contributed by atoms with Crippen LogP contribution < -0.4 is 5.32 Å². The van der Waals surface area contributed by atoms with E-state index in [2.05, 4.69) is 46.9 Å². The standard InChI is InChI=1S/C14H23NO/c1-12(2)7-13(3,4)10-9(12)11(16)15-8-14(10,5)6/h7-8H2,1-6H3,(H,15,16). The summed E-state index contributed by atoms with van der Waals surface area (Å²) in [7, 11) is 0. The average Bonchev–Trinajstić information content (AvgIpc) is 2.25. The Bertz CT molecular complexity index is 386. The Morgan fingerprint density at radius 3 is 2.00 bits per heavy atom. The summed E-state index contributed by atoms with van der Waals surface area (Å²) in [5.41, 5.74) is 2.70. The van der Waals surface area contributed by atoms with E-state index in [9.17, 15) is 4.79 Å². The summed E-state index contributed by atoms with van der Waals surface area (Å²) in [4.78, 5) is 12.1. The van der Waals surface area contributed by atoms with E-state index in [0.717, 1.165) is 18.5 Å². The zero-order valence-corrected chi connectivity index (χ0v) is 11.3. The van der Waals surface area contributed by atoms with Gasteiger partial charge in [0.25, 0.3) is 0 Å². The van der Waals surface area contributed by atoms with Crippen molar-refractivity contribution in [3.8, 4) is 0 Å². The van der Waals surface area contributed by atoms with Crippen LogP contribution in [0.3, 0.4) is 0 Å². The van der Waals surface area contributed by atoms with E-state index < -0.39 is 0 Å². The summed E-state index contributed by atoms with van der Waals surface area (Å²) in [5.74, 6) is 0.157. The van der Waals surface area contributed by atoms with Crippen LogP contribution in [-0.4, -0.2) is 12.5 Å². The maximum atomic E-state index is 12.1. The Morgan fingerprint density at radius 1 is 0.938 bits per heavy atom. The molecule has 1 aliphatic heterocycles. The van der Waals surface area contributed by atoms with Crippen LogP contribution in [-0.2, 0) is 4.79 Å². The van der Waals surface area contributed by atoms with Gasteiger partial charge in [0.1, 0.15) is 0 Å². The molecule has 0 fully saturated rings. The largest absolute Gasteiger partial charge is 0.351 e. The van der Waals surface area contributed by atoms with Gasteiger partial charge in [-0.05, 0) is 22.8 Å². The Morgan fingerprint density at radius 2 is 1.50 bits per heavy atom. The zero-order chi connectivity index (χ0) is 12.4. The molecule has 0 atom stereocenters. The third-order valence-corrected chi connectivity index (χ3v) is 4.08. The van der Waals surface area contributed by atoms with Gasteiger partial charge in [-0.1, -0.05) is 41.5 Å². The number of hydrogen-bond acceptors (Lipinski definition) is 1. The molecule has 2 heteroatoms. The first kappa shape index (κ1) is 11.7. The predicted octanol–water partition coefficient (Wildman–Crippen LogP) is 2.90. The molecule has 2 rings (SSSR count). The molecule has 16 heavy (non-hydrogen) atoms. The first-order valence-electron chi connectivity index (χ1n) is 6.12. The summed E-state index contributed by atoms with van der Waals surface area (Å²) < 4.78 is 0. The lowest BCUT2D eigenvalue weighted by Gasteiger charge is -2.39. The first-order chi connectivity index (χ1) is 7.08. The average molecular weight is 221 g/mol. The highest BCUT2D eigenvalue weighted by Gasteiger charge is 2.52. The van der Waals surface area contributed by atoms with Gasteiger partial charge in [0.05, 0.1) is 0 Å². The number of carbonyl (C=O) groups is 1. The van der Waals surface area contributed by atoms with Crippen molar-refractivity contribution < 1.29 is 4.79 Å². The van der Waals surface area contributed by atoms with E-state index in [1.807, 2.05) is 0 Å². The minimum atomic E-state index is 0.0145. The van der Waals surface area contributed by atoms with Gasteiger partial charge in [0, 0.05) is 17.5 Å². The second-order valence-electron chi connectivity index (χ2n) is 7.26. The van der Waals surface area contributed by atoms with Crippen molar-refractivity contribution in [3.63, 3.8) is 0 Å². The monoisotopic (exact) mass is 221 g/mol. The Hall–Kier alpha value is -0.790. The fourth-order valence-corrected chi connectivity index (χ4v) is 4.11. The van der Waals surface area contributed by atoms with E-state index in [4.69, 9.17) is 0 Å². The van der Waals surface area contributed by atoms with E-state index in [1.54, 1.807) is 0 Å². The Labute approximate surface area is 98.5 Å². The second-order valence-corrected chi connectivity index (χ2v) is 7.26. The molecule has 0 aromatic rings. The van der Waals surface area contributed by atoms with Crippen LogP contribution in [0.1, 0.15) is 48.0 Å². The van der Waals surface area contributed by atoms with Gasteiger partial charge >= 0.3 is 0 Å². The van der Waals surface area contributed by atoms with E-state index in [1.165, 1.54) is 5.57 Å². The van der Waals surface area contributed by atoms with E-state index in [0.29, 0.717) is 0 Å². The minimum Gasteiger partial charge on any atom is -0.351 e. The van der Waals surface area contributed by atoms with Gasteiger partial charge < -0.3 is 5.32 Å². The van der Waals surface area contributed by atoms with Crippen LogP contribution in [0.25, 0.3) is 0 Å². The molecule has 1 N–H and O–H groups in total. The van der Waals surface area contributed by atoms with Gasteiger partial charge in [-0.2, -0.15) is 0 Å². The van der Waals surface area contributed by atoms with Crippen LogP contribution >= 0.6 is 0 Å². The third-order valence-electron chi connectivity index (χ3n) is 4.08. The molecule has 0 saturated carbocycles. The quantitative estimate of drug-likeness (QED) is 0.669. The van der Waals surface area contributed by atoms with Crippen molar-refractivity contribution in [1.29, 1.82) is 0 Å². The van der Waals surface area contributed by atoms with Crippen molar-refractivity contribution in [2.75, 3.05) is 6.54 Å². The normalized spacial score (nSPS) is 30.0. The molecule has 1 aliphatic carbocycles. The smallest absolute Gasteiger partial charge is 0.247 e. The van der Waals surface area contributed by atoms with Crippen LogP contribution in [0.15, 0.2) is 11.1 Å². The highest BCUT2D eigenvalue weighted by Crippen LogP contribution is 2.58. The van der Waals surface area contributed by atoms with Crippen LogP contribution in [0.5, 0.6) is 0 Å². The lowest BCUT2D eigenvalue weighted by Crippen LogP contribution is -2.44. The van der Waals surface area contributed by atoms with Crippen LogP contribution in [0, 0.1) is 16.2 Å². The van der Waals surface area contributed by atoms with Crippen LogP contribution in [0.4, 0.5) is 0 Å². The maximum absolute atomic E-state index is 12.1. The summed E-state index contributed by atoms with van der Waals surface area (Å²) in [6, 6.07) is 0. The minimum absolute atomic E-state index is 0.0145. The van der Waals surface area contributed by atoms with E-state index >= 15 is 0 Å². The number of hydrogen-bond donors (Lipinski definition) is 1. The van der Waals surface area contributed by atoms with Crippen molar-refractivity contribution in [1.82, 2.24) is 5.32 Å². The molecule has 0 spiro atoms.